The first-order chi connectivity index (χ1) is 8.72. The van der Waals surface area contributed by atoms with E-state index in [1.54, 1.807) is 0 Å². The van der Waals surface area contributed by atoms with E-state index in [9.17, 15) is 4.39 Å². The normalized spacial score (nSPS) is 26.4. The molecule has 1 fully saturated rings. The maximum Gasteiger partial charge on any atom is 0.150 e. The molecule has 3 rings (SSSR count). The van der Waals surface area contributed by atoms with Gasteiger partial charge < -0.3 is 15.4 Å². The van der Waals surface area contributed by atoms with Crippen LogP contribution in [0.2, 0.25) is 0 Å². The minimum absolute atomic E-state index is 0.309. The van der Waals surface area contributed by atoms with Crippen molar-refractivity contribution in [1.29, 1.82) is 0 Å². The third-order valence-corrected chi connectivity index (χ3v) is 3.71. The lowest BCUT2D eigenvalue weighted by Crippen LogP contribution is -2.55. The molecule has 0 radical (unpaired) electrons. The molecule has 0 spiro atoms. The fraction of sp³-hybridized carbons (Fsp3) is 0.500. The number of pyridine rings is 1. The van der Waals surface area contributed by atoms with Gasteiger partial charge in [0.25, 0.3) is 0 Å². The van der Waals surface area contributed by atoms with Crippen molar-refractivity contribution in [1.82, 2.24) is 10.3 Å². The molecular weight excluding hydrogens is 235 g/mol. The van der Waals surface area contributed by atoms with Gasteiger partial charge in [0.2, 0.25) is 0 Å². The van der Waals surface area contributed by atoms with Crippen LogP contribution >= 0.6 is 0 Å². The molecule has 96 valence electrons. The number of aromatic nitrogens is 1. The van der Waals surface area contributed by atoms with Crippen molar-refractivity contribution in [2.45, 2.75) is 25.4 Å². The van der Waals surface area contributed by atoms with E-state index in [0.717, 1.165) is 37.1 Å². The molecule has 6 heteroatoms. The molecule has 0 aliphatic carbocycles. The van der Waals surface area contributed by atoms with Gasteiger partial charge in [-0.25, -0.2) is 9.37 Å². The molecule has 18 heavy (non-hydrogen) atoms. The lowest BCUT2D eigenvalue weighted by atomic mass is 10.1. The summed E-state index contributed by atoms with van der Waals surface area (Å²) in [4.78, 5) is 6.45. The van der Waals surface area contributed by atoms with Crippen LogP contribution in [0.15, 0.2) is 11.4 Å². The zero-order valence-corrected chi connectivity index (χ0v) is 10.1. The smallest absolute Gasteiger partial charge is 0.150 e. The van der Waals surface area contributed by atoms with Crippen LogP contribution < -0.4 is 10.2 Å². The Kier molecular flexibility index (Phi) is 2.66. The molecule has 0 bridgehead atoms. The summed E-state index contributed by atoms with van der Waals surface area (Å²) in [6.07, 6.45) is 3.10. The minimum atomic E-state index is -0.438. The summed E-state index contributed by atoms with van der Waals surface area (Å²) in [5, 5.41) is 15.0. The predicted octanol–water partition coefficient (Wildman–Crippen LogP) is 0.752. The second-order valence-corrected chi connectivity index (χ2v) is 4.84. The van der Waals surface area contributed by atoms with Crippen LogP contribution in [0.3, 0.4) is 0 Å². The number of hydrogen-bond donors (Lipinski definition) is 2. The standard InChI is InChI=1S/C12H15FN4O/c1-7-3-14-4-8-2-9-10(5-16-18)11(13)6-15-12(9)17(7)8/h5-8,14,18H,2-4H2,1H3/b16-5+/t7-,8-/m1/s1. The summed E-state index contributed by atoms with van der Waals surface area (Å²) < 4.78 is 13.7. The van der Waals surface area contributed by atoms with Gasteiger partial charge >= 0.3 is 0 Å². The molecule has 2 N–H and O–H groups in total. The van der Waals surface area contributed by atoms with E-state index in [0.29, 0.717) is 17.6 Å². The predicted molar refractivity (Wildman–Crippen MR) is 65.9 cm³/mol. The Morgan fingerprint density at radius 1 is 1.61 bits per heavy atom. The first kappa shape index (κ1) is 11.4. The Morgan fingerprint density at radius 2 is 2.44 bits per heavy atom. The Bertz CT molecular complexity index is 505. The van der Waals surface area contributed by atoms with Crippen LogP contribution in [0.25, 0.3) is 0 Å². The van der Waals surface area contributed by atoms with Crippen LogP contribution in [-0.2, 0) is 6.42 Å². The van der Waals surface area contributed by atoms with Crippen molar-refractivity contribution in [2.75, 3.05) is 18.0 Å². The molecule has 0 unspecified atom stereocenters. The molecule has 2 atom stereocenters. The zero-order chi connectivity index (χ0) is 12.7. The highest BCUT2D eigenvalue weighted by Crippen LogP contribution is 2.35. The maximum atomic E-state index is 13.7. The SMILES string of the molecule is C[C@@H]1CNC[C@H]2Cc3c(ncc(F)c3/C=N/O)N21. The summed E-state index contributed by atoms with van der Waals surface area (Å²) in [5.41, 5.74) is 1.19. The number of fused-ring (bicyclic) bond motifs is 3. The lowest BCUT2D eigenvalue weighted by molar-refractivity contribution is 0.321. The Morgan fingerprint density at radius 3 is 3.22 bits per heavy atom. The fourth-order valence-corrected chi connectivity index (χ4v) is 2.95. The lowest BCUT2D eigenvalue weighted by Gasteiger charge is -2.37. The number of nitrogens with one attached hydrogen (secondary N) is 1. The number of hydrogen-bond acceptors (Lipinski definition) is 5. The quantitative estimate of drug-likeness (QED) is 0.439. The topological polar surface area (TPSA) is 60.8 Å². The molecule has 3 heterocycles. The number of oxime groups is 1. The van der Waals surface area contributed by atoms with Gasteiger partial charge in [0.1, 0.15) is 5.82 Å². The second-order valence-electron chi connectivity index (χ2n) is 4.84. The molecule has 5 nitrogen and oxygen atoms in total. The van der Waals surface area contributed by atoms with Crippen LogP contribution in [0, 0.1) is 5.82 Å². The summed E-state index contributed by atoms with van der Waals surface area (Å²) >= 11 is 0. The first-order valence-corrected chi connectivity index (χ1v) is 6.06. The molecule has 0 saturated carbocycles. The largest absolute Gasteiger partial charge is 0.411 e. The van der Waals surface area contributed by atoms with E-state index in [4.69, 9.17) is 5.21 Å². The van der Waals surface area contributed by atoms with Crippen molar-refractivity contribution < 1.29 is 9.60 Å². The second kappa shape index (κ2) is 4.20. The van der Waals surface area contributed by atoms with Gasteiger partial charge in [-0.15, -0.1) is 0 Å². The summed E-state index contributed by atoms with van der Waals surface area (Å²) in [7, 11) is 0. The van der Waals surface area contributed by atoms with Gasteiger partial charge in [-0.3, -0.25) is 0 Å². The van der Waals surface area contributed by atoms with E-state index in [1.807, 2.05) is 0 Å². The van der Waals surface area contributed by atoms with Crippen LogP contribution in [0.5, 0.6) is 0 Å². The van der Waals surface area contributed by atoms with Crippen LogP contribution in [-0.4, -0.2) is 41.6 Å². The van der Waals surface area contributed by atoms with Crippen molar-refractivity contribution in [3.63, 3.8) is 0 Å². The van der Waals surface area contributed by atoms with E-state index in [1.165, 1.54) is 6.20 Å². The molecule has 2 aliphatic rings. The average molecular weight is 250 g/mol. The average Bonchev–Trinajstić information content (AvgIpc) is 2.73. The molecule has 0 aromatic carbocycles. The van der Waals surface area contributed by atoms with Crippen molar-refractivity contribution in [2.24, 2.45) is 5.16 Å². The molecule has 1 aromatic heterocycles. The number of halogens is 1. The number of rotatable bonds is 1. The molecule has 1 saturated heterocycles. The Hall–Kier alpha value is -1.69. The van der Waals surface area contributed by atoms with Gasteiger partial charge in [0.05, 0.1) is 12.4 Å². The highest BCUT2D eigenvalue weighted by molar-refractivity contribution is 5.85. The summed E-state index contributed by atoms with van der Waals surface area (Å²) in [6, 6.07) is 0.644. The summed E-state index contributed by atoms with van der Waals surface area (Å²) in [5.74, 6) is 0.386. The first-order valence-electron chi connectivity index (χ1n) is 6.06. The van der Waals surface area contributed by atoms with Gasteiger partial charge in [-0.2, -0.15) is 0 Å². The van der Waals surface area contributed by atoms with Crippen molar-refractivity contribution >= 4 is 12.0 Å². The van der Waals surface area contributed by atoms with Crippen LogP contribution in [0.4, 0.5) is 10.2 Å². The van der Waals surface area contributed by atoms with E-state index >= 15 is 0 Å². The summed E-state index contributed by atoms with van der Waals surface area (Å²) in [6.45, 7) is 3.90. The minimum Gasteiger partial charge on any atom is -0.411 e. The van der Waals surface area contributed by atoms with Crippen molar-refractivity contribution in [3.05, 3.63) is 23.1 Å². The van der Waals surface area contributed by atoms with Gasteiger partial charge in [0, 0.05) is 36.3 Å². The fourth-order valence-electron chi connectivity index (χ4n) is 2.95. The van der Waals surface area contributed by atoms with Crippen LogP contribution in [0.1, 0.15) is 18.1 Å². The molecule has 2 aliphatic heterocycles. The maximum absolute atomic E-state index is 13.7. The van der Waals surface area contributed by atoms with Gasteiger partial charge in [0.15, 0.2) is 5.82 Å². The Balaban J connectivity index is 2.10. The van der Waals surface area contributed by atoms with Crippen molar-refractivity contribution in [3.8, 4) is 0 Å². The van der Waals surface area contributed by atoms with E-state index in [-0.39, 0.29) is 0 Å². The monoisotopic (exact) mass is 250 g/mol. The highest BCUT2D eigenvalue weighted by atomic mass is 19.1. The highest BCUT2D eigenvalue weighted by Gasteiger charge is 2.37. The van der Waals surface area contributed by atoms with E-state index in [2.05, 4.69) is 27.3 Å². The van der Waals surface area contributed by atoms with Gasteiger partial charge in [-0.05, 0) is 13.3 Å². The molecular formula is C12H15FN4O. The molecule has 0 amide bonds. The number of piperazine rings is 1. The zero-order valence-electron chi connectivity index (χ0n) is 10.1. The van der Waals surface area contributed by atoms with Gasteiger partial charge in [-0.1, -0.05) is 5.16 Å². The third-order valence-electron chi connectivity index (χ3n) is 3.71. The molecule has 1 aromatic rings. The van der Waals surface area contributed by atoms with E-state index < -0.39 is 5.82 Å². The number of anilines is 1. The number of nitrogens with zero attached hydrogens (tertiary/aromatic N) is 3. The third kappa shape index (κ3) is 1.56. The Labute approximate surface area is 104 Å².